The minimum Gasteiger partial charge on any atom is -0.379 e. The van der Waals surface area contributed by atoms with Gasteiger partial charge in [0.05, 0.1) is 17.8 Å². The van der Waals surface area contributed by atoms with Crippen molar-refractivity contribution in [3.05, 3.63) is 29.6 Å². The van der Waals surface area contributed by atoms with Crippen molar-refractivity contribution < 1.29 is 9.13 Å². The highest BCUT2D eigenvalue weighted by atomic mass is 19.1. The van der Waals surface area contributed by atoms with E-state index in [1.165, 1.54) is 6.07 Å². The van der Waals surface area contributed by atoms with Crippen molar-refractivity contribution in [1.82, 2.24) is 0 Å². The number of nitriles is 1. The first-order chi connectivity index (χ1) is 7.64. The van der Waals surface area contributed by atoms with Gasteiger partial charge in [-0.2, -0.15) is 5.26 Å². The second-order valence-electron chi connectivity index (χ2n) is 4.26. The highest BCUT2D eigenvalue weighted by molar-refractivity contribution is 5.59. The van der Waals surface area contributed by atoms with Crippen molar-refractivity contribution in [3.8, 4) is 6.07 Å². The Kier molecular flexibility index (Phi) is 2.80. The molecule has 0 bridgehead atoms. The number of benzene rings is 1. The topological polar surface area (TPSA) is 45.0 Å². The van der Waals surface area contributed by atoms with Gasteiger partial charge in [0, 0.05) is 6.61 Å². The molecule has 0 radical (unpaired) electrons. The van der Waals surface area contributed by atoms with Crippen LogP contribution in [0, 0.1) is 17.1 Å². The summed E-state index contributed by atoms with van der Waals surface area (Å²) in [6, 6.07) is 6.47. The van der Waals surface area contributed by atoms with Crippen LogP contribution in [0.1, 0.15) is 18.9 Å². The molecule has 1 atom stereocenters. The number of rotatable bonds is 2. The van der Waals surface area contributed by atoms with E-state index in [-0.39, 0.29) is 11.1 Å². The number of nitrogens with one attached hydrogen (secondary N) is 1. The summed E-state index contributed by atoms with van der Waals surface area (Å²) in [6.07, 6.45) is 0.856. The minimum absolute atomic E-state index is 0.0654. The lowest BCUT2D eigenvalue weighted by Gasteiger charge is -2.25. The Hall–Kier alpha value is -1.60. The number of hydrogen-bond acceptors (Lipinski definition) is 3. The largest absolute Gasteiger partial charge is 0.379 e. The summed E-state index contributed by atoms with van der Waals surface area (Å²) >= 11 is 0. The van der Waals surface area contributed by atoms with Crippen LogP contribution >= 0.6 is 0 Å². The summed E-state index contributed by atoms with van der Waals surface area (Å²) in [5.41, 5.74) is 0.394. The maximum Gasteiger partial charge on any atom is 0.143 e. The van der Waals surface area contributed by atoms with E-state index in [2.05, 4.69) is 5.32 Å². The highest BCUT2D eigenvalue weighted by Crippen LogP contribution is 2.26. The molecular weight excluding hydrogens is 207 g/mol. The summed E-state index contributed by atoms with van der Waals surface area (Å²) in [7, 11) is 0. The number of nitrogens with zero attached hydrogens (tertiary/aromatic N) is 1. The maximum atomic E-state index is 13.4. The molecule has 1 saturated heterocycles. The maximum absolute atomic E-state index is 13.4. The van der Waals surface area contributed by atoms with Crippen molar-refractivity contribution in [2.45, 2.75) is 18.9 Å². The molecule has 3 nitrogen and oxygen atoms in total. The summed E-state index contributed by atoms with van der Waals surface area (Å²) in [5.74, 6) is -0.491. The highest BCUT2D eigenvalue weighted by Gasteiger charge is 2.30. The molecule has 0 amide bonds. The Morgan fingerprint density at radius 1 is 1.56 bits per heavy atom. The number of anilines is 1. The van der Waals surface area contributed by atoms with E-state index >= 15 is 0 Å². The van der Waals surface area contributed by atoms with Gasteiger partial charge in [-0.25, -0.2) is 4.39 Å². The minimum atomic E-state index is -0.491. The summed E-state index contributed by atoms with van der Waals surface area (Å²) in [5, 5.41) is 12.1. The fourth-order valence-electron chi connectivity index (χ4n) is 1.83. The molecule has 0 spiro atoms. The summed E-state index contributed by atoms with van der Waals surface area (Å²) < 4.78 is 18.7. The van der Waals surface area contributed by atoms with E-state index in [1.54, 1.807) is 12.1 Å². The van der Waals surface area contributed by atoms with Gasteiger partial charge in [0.1, 0.15) is 17.4 Å². The van der Waals surface area contributed by atoms with Gasteiger partial charge in [0.2, 0.25) is 0 Å². The van der Waals surface area contributed by atoms with E-state index in [4.69, 9.17) is 10.00 Å². The van der Waals surface area contributed by atoms with Crippen molar-refractivity contribution in [1.29, 1.82) is 5.26 Å². The molecule has 0 aliphatic carbocycles. The molecule has 16 heavy (non-hydrogen) atoms. The van der Waals surface area contributed by atoms with Crippen LogP contribution in [0.3, 0.4) is 0 Å². The fraction of sp³-hybridized carbons (Fsp3) is 0.417. The van der Waals surface area contributed by atoms with Gasteiger partial charge in [-0.3, -0.25) is 0 Å². The van der Waals surface area contributed by atoms with Crippen molar-refractivity contribution in [3.63, 3.8) is 0 Å². The SMILES string of the molecule is CC1(Nc2cccc(F)c2C#N)CCOC1. The number of ether oxygens (including phenoxy) is 1. The molecule has 1 fully saturated rings. The molecule has 1 heterocycles. The molecule has 1 aliphatic rings. The van der Waals surface area contributed by atoms with Gasteiger partial charge >= 0.3 is 0 Å². The summed E-state index contributed by atoms with van der Waals surface area (Å²) in [4.78, 5) is 0. The molecule has 84 valence electrons. The van der Waals surface area contributed by atoms with Crippen LogP contribution in [-0.2, 0) is 4.74 Å². The van der Waals surface area contributed by atoms with Gasteiger partial charge in [-0.15, -0.1) is 0 Å². The molecule has 1 N–H and O–H groups in total. The molecule has 4 heteroatoms. The van der Waals surface area contributed by atoms with Crippen LogP contribution in [0.4, 0.5) is 10.1 Å². The van der Waals surface area contributed by atoms with E-state index in [0.29, 0.717) is 18.9 Å². The van der Waals surface area contributed by atoms with Crippen molar-refractivity contribution >= 4 is 5.69 Å². The molecular formula is C12H13FN2O. The molecule has 2 rings (SSSR count). The van der Waals surface area contributed by atoms with Gasteiger partial charge in [0.15, 0.2) is 0 Å². The Morgan fingerprint density at radius 3 is 3.00 bits per heavy atom. The quantitative estimate of drug-likeness (QED) is 0.831. The van der Waals surface area contributed by atoms with Gasteiger partial charge < -0.3 is 10.1 Å². The average Bonchev–Trinajstić information content (AvgIpc) is 2.65. The van der Waals surface area contributed by atoms with E-state index in [1.807, 2.05) is 13.0 Å². The Bertz CT molecular complexity index is 433. The normalized spacial score (nSPS) is 24.1. The smallest absolute Gasteiger partial charge is 0.143 e. The van der Waals surface area contributed by atoms with Crippen LogP contribution in [0.5, 0.6) is 0 Å². The van der Waals surface area contributed by atoms with Crippen LogP contribution in [0.15, 0.2) is 18.2 Å². The Morgan fingerprint density at radius 2 is 2.38 bits per heavy atom. The summed E-state index contributed by atoms with van der Waals surface area (Å²) in [6.45, 7) is 3.28. The Labute approximate surface area is 93.8 Å². The zero-order valence-electron chi connectivity index (χ0n) is 9.09. The third-order valence-electron chi connectivity index (χ3n) is 2.78. The van der Waals surface area contributed by atoms with Gasteiger partial charge in [0.25, 0.3) is 0 Å². The van der Waals surface area contributed by atoms with E-state index in [9.17, 15) is 4.39 Å². The van der Waals surface area contributed by atoms with Crippen molar-refractivity contribution in [2.75, 3.05) is 18.5 Å². The molecule has 1 unspecified atom stereocenters. The lowest BCUT2D eigenvalue weighted by molar-refractivity contribution is 0.185. The second-order valence-corrected chi connectivity index (χ2v) is 4.26. The van der Waals surface area contributed by atoms with E-state index in [0.717, 1.165) is 6.42 Å². The molecule has 1 aliphatic heterocycles. The first kappa shape index (κ1) is 10.9. The number of halogens is 1. The first-order valence-corrected chi connectivity index (χ1v) is 5.19. The third kappa shape index (κ3) is 2.00. The lowest BCUT2D eigenvalue weighted by atomic mass is 10.0. The fourth-order valence-corrected chi connectivity index (χ4v) is 1.83. The zero-order valence-corrected chi connectivity index (χ0v) is 9.09. The van der Waals surface area contributed by atoms with Gasteiger partial charge in [-0.1, -0.05) is 6.07 Å². The molecule has 0 aromatic heterocycles. The van der Waals surface area contributed by atoms with Crippen LogP contribution < -0.4 is 5.32 Å². The standard InChI is InChI=1S/C12H13FN2O/c1-12(5-6-16-8-12)15-11-4-2-3-10(13)9(11)7-14/h2-4,15H,5-6,8H2,1H3. The average molecular weight is 220 g/mol. The first-order valence-electron chi connectivity index (χ1n) is 5.19. The molecule has 1 aromatic carbocycles. The second kappa shape index (κ2) is 4.11. The van der Waals surface area contributed by atoms with Crippen LogP contribution in [0.25, 0.3) is 0 Å². The predicted molar refractivity (Wildman–Crippen MR) is 58.6 cm³/mol. The molecule has 0 saturated carbocycles. The Balaban J connectivity index is 2.28. The van der Waals surface area contributed by atoms with Crippen LogP contribution in [0.2, 0.25) is 0 Å². The number of hydrogen-bond donors (Lipinski definition) is 1. The zero-order chi connectivity index (χ0) is 11.6. The monoisotopic (exact) mass is 220 g/mol. The predicted octanol–water partition coefficient (Wildman–Crippen LogP) is 2.29. The van der Waals surface area contributed by atoms with Crippen LogP contribution in [-0.4, -0.2) is 18.8 Å². The third-order valence-corrected chi connectivity index (χ3v) is 2.78. The van der Waals surface area contributed by atoms with Gasteiger partial charge in [-0.05, 0) is 25.5 Å². The van der Waals surface area contributed by atoms with Crippen molar-refractivity contribution in [2.24, 2.45) is 0 Å². The lowest BCUT2D eigenvalue weighted by Crippen LogP contribution is -2.35. The molecule has 1 aromatic rings. The van der Waals surface area contributed by atoms with E-state index < -0.39 is 5.82 Å².